The molecular formula is C16H19N3O4S. The van der Waals surface area contributed by atoms with E-state index in [-0.39, 0.29) is 18.0 Å². The predicted molar refractivity (Wildman–Crippen MR) is 90.5 cm³/mol. The second-order valence-electron chi connectivity index (χ2n) is 5.79. The quantitative estimate of drug-likeness (QED) is 0.882. The van der Waals surface area contributed by atoms with Crippen molar-refractivity contribution in [3.63, 3.8) is 0 Å². The average Bonchev–Trinajstić information content (AvgIpc) is 3.10. The lowest BCUT2D eigenvalue weighted by Gasteiger charge is -2.19. The van der Waals surface area contributed by atoms with Crippen molar-refractivity contribution in [3.8, 4) is 0 Å². The molecule has 2 aromatic heterocycles. The molecule has 24 heavy (non-hydrogen) atoms. The smallest absolute Gasteiger partial charge is 0.311 e. The number of nitrogens with zero attached hydrogens (tertiary/aromatic N) is 3. The molecule has 0 radical (unpaired) electrons. The van der Waals surface area contributed by atoms with Crippen molar-refractivity contribution in [2.75, 3.05) is 13.1 Å². The number of hydrogen-bond donors (Lipinski definition) is 1. The fourth-order valence-electron chi connectivity index (χ4n) is 3.25. The maximum Gasteiger partial charge on any atom is 0.311 e. The van der Waals surface area contributed by atoms with Crippen molar-refractivity contribution in [1.29, 1.82) is 0 Å². The standard InChI is InChI=1S/C16H19N3O4S/c1-3-18(4-2)11(20)7-19-8-17-14-13(15(19)21)12-9(16(22)23)5-6-10(12)24-14/h8-9H,3-7H2,1-2H3,(H,22,23). The lowest BCUT2D eigenvalue weighted by atomic mass is 10.0. The fraction of sp³-hybridized carbons (Fsp3) is 0.500. The van der Waals surface area contributed by atoms with Crippen LogP contribution in [0.25, 0.3) is 10.2 Å². The van der Waals surface area contributed by atoms with Crippen molar-refractivity contribution >= 4 is 33.4 Å². The topological polar surface area (TPSA) is 92.5 Å². The summed E-state index contributed by atoms with van der Waals surface area (Å²) < 4.78 is 1.28. The first-order valence-corrected chi connectivity index (χ1v) is 8.80. The lowest BCUT2D eigenvalue weighted by Crippen LogP contribution is -2.36. The molecule has 1 aliphatic carbocycles. The van der Waals surface area contributed by atoms with Crippen molar-refractivity contribution < 1.29 is 14.7 Å². The summed E-state index contributed by atoms with van der Waals surface area (Å²) in [5.74, 6) is -1.72. The van der Waals surface area contributed by atoms with E-state index in [4.69, 9.17) is 0 Å². The minimum Gasteiger partial charge on any atom is -0.481 e. The third kappa shape index (κ3) is 2.60. The molecule has 2 aromatic rings. The van der Waals surface area contributed by atoms with Gasteiger partial charge in [-0.3, -0.25) is 19.0 Å². The van der Waals surface area contributed by atoms with Crippen molar-refractivity contribution in [2.24, 2.45) is 0 Å². The van der Waals surface area contributed by atoms with E-state index >= 15 is 0 Å². The summed E-state index contributed by atoms with van der Waals surface area (Å²) in [6.45, 7) is 4.85. The monoisotopic (exact) mass is 349 g/mol. The van der Waals surface area contributed by atoms with Crippen LogP contribution in [-0.4, -0.2) is 44.5 Å². The van der Waals surface area contributed by atoms with E-state index in [0.717, 1.165) is 4.88 Å². The van der Waals surface area contributed by atoms with Gasteiger partial charge in [0.1, 0.15) is 11.4 Å². The molecule has 1 amide bonds. The molecule has 0 spiro atoms. The van der Waals surface area contributed by atoms with Crippen LogP contribution in [0.2, 0.25) is 0 Å². The van der Waals surface area contributed by atoms with Gasteiger partial charge in [0, 0.05) is 18.0 Å². The maximum atomic E-state index is 12.8. The van der Waals surface area contributed by atoms with Gasteiger partial charge in [0.05, 0.1) is 17.6 Å². The Kier molecular flexibility index (Phi) is 4.40. The first-order chi connectivity index (χ1) is 11.5. The third-order valence-electron chi connectivity index (χ3n) is 4.52. The fourth-order valence-corrected chi connectivity index (χ4v) is 4.46. The van der Waals surface area contributed by atoms with Crippen molar-refractivity contribution in [1.82, 2.24) is 14.5 Å². The zero-order valence-electron chi connectivity index (χ0n) is 13.6. The number of hydrogen-bond acceptors (Lipinski definition) is 5. The molecule has 128 valence electrons. The normalized spacial score (nSPS) is 16.3. The number of carbonyl (C=O) groups is 2. The Bertz CT molecular complexity index is 866. The van der Waals surface area contributed by atoms with Crippen LogP contribution in [0.1, 0.15) is 36.6 Å². The molecule has 1 atom stereocenters. The van der Waals surface area contributed by atoms with E-state index in [1.165, 1.54) is 22.2 Å². The molecule has 0 saturated carbocycles. The molecule has 0 bridgehead atoms. The Morgan fingerprint density at radius 2 is 2.12 bits per heavy atom. The molecule has 1 unspecified atom stereocenters. The summed E-state index contributed by atoms with van der Waals surface area (Å²) in [7, 11) is 0. The number of rotatable bonds is 5. The number of amides is 1. The molecule has 2 heterocycles. The van der Waals surface area contributed by atoms with Crippen LogP contribution in [0, 0.1) is 0 Å². The Hall–Kier alpha value is -2.22. The number of aryl methyl sites for hydroxylation is 1. The summed E-state index contributed by atoms with van der Waals surface area (Å²) in [5.41, 5.74) is 0.274. The number of thiophene rings is 1. The highest BCUT2D eigenvalue weighted by atomic mass is 32.1. The minimum absolute atomic E-state index is 0.0776. The maximum absolute atomic E-state index is 12.8. The lowest BCUT2D eigenvalue weighted by molar-refractivity contribution is -0.138. The van der Waals surface area contributed by atoms with E-state index in [1.54, 1.807) is 4.90 Å². The largest absolute Gasteiger partial charge is 0.481 e. The second-order valence-corrected chi connectivity index (χ2v) is 6.88. The Morgan fingerprint density at radius 3 is 2.75 bits per heavy atom. The number of aromatic nitrogens is 2. The summed E-state index contributed by atoms with van der Waals surface area (Å²) in [6, 6.07) is 0. The Morgan fingerprint density at radius 1 is 1.42 bits per heavy atom. The molecule has 8 heteroatoms. The van der Waals surface area contributed by atoms with E-state index in [2.05, 4.69) is 4.98 Å². The Labute approximate surface area is 142 Å². The highest BCUT2D eigenvalue weighted by Crippen LogP contribution is 2.41. The molecule has 0 fully saturated rings. The van der Waals surface area contributed by atoms with Crippen LogP contribution in [0.5, 0.6) is 0 Å². The molecule has 1 aliphatic rings. The number of fused-ring (bicyclic) bond motifs is 3. The summed E-state index contributed by atoms with van der Waals surface area (Å²) in [6.07, 6.45) is 2.55. The van der Waals surface area contributed by atoms with E-state index < -0.39 is 11.9 Å². The van der Waals surface area contributed by atoms with Gasteiger partial charge in [-0.05, 0) is 32.3 Å². The third-order valence-corrected chi connectivity index (χ3v) is 5.69. The minimum atomic E-state index is -0.914. The highest BCUT2D eigenvalue weighted by molar-refractivity contribution is 7.18. The van der Waals surface area contributed by atoms with Gasteiger partial charge in [-0.15, -0.1) is 11.3 Å². The van der Waals surface area contributed by atoms with Gasteiger partial charge in [0.25, 0.3) is 5.56 Å². The molecule has 1 N–H and O–H groups in total. The zero-order valence-corrected chi connectivity index (χ0v) is 14.4. The van der Waals surface area contributed by atoms with E-state index in [1.807, 2.05) is 13.8 Å². The SMILES string of the molecule is CCN(CC)C(=O)Cn1cnc2sc3c(c2c1=O)C(C(=O)O)CC3. The number of aliphatic carboxylic acids is 1. The van der Waals surface area contributed by atoms with Crippen molar-refractivity contribution in [3.05, 3.63) is 27.1 Å². The van der Waals surface area contributed by atoms with Gasteiger partial charge < -0.3 is 10.0 Å². The van der Waals surface area contributed by atoms with Gasteiger partial charge in [0.15, 0.2) is 0 Å². The molecule has 0 aromatic carbocycles. The van der Waals surface area contributed by atoms with Gasteiger partial charge in [0.2, 0.25) is 5.91 Å². The van der Waals surface area contributed by atoms with Crippen LogP contribution in [0.15, 0.2) is 11.1 Å². The number of carboxylic acid groups (broad SMARTS) is 1. The zero-order chi connectivity index (χ0) is 17.4. The van der Waals surface area contributed by atoms with Crippen LogP contribution in [0.4, 0.5) is 0 Å². The molecular weight excluding hydrogens is 330 g/mol. The van der Waals surface area contributed by atoms with Gasteiger partial charge in [-0.2, -0.15) is 0 Å². The predicted octanol–water partition coefficient (Wildman–Crippen LogP) is 1.44. The molecule has 0 saturated heterocycles. The summed E-state index contributed by atoms with van der Waals surface area (Å²) in [4.78, 5) is 43.9. The van der Waals surface area contributed by atoms with Crippen LogP contribution >= 0.6 is 11.3 Å². The summed E-state index contributed by atoms with van der Waals surface area (Å²) >= 11 is 1.38. The number of likely N-dealkylation sites (N-methyl/N-ethyl adjacent to an activating group) is 1. The molecule has 3 rings (SSSR count). The first-order valence-electron chi connectivity index (χ1n) is 7.99. The van der Waals surface area contributed by atoms with E-state index in [0.29, 0.717) is 41.7 Å². The Balaban J connectivity index is 2.05. The van der Waals surface area contributed by atoms with Gasteiger partial charge in [-0.25, -0.2) is 4.98 Å². The van der Waals surface area contributed by atoms with Crippen LogP contribution in [0.3, 0.4) is 0 Å². The molecule has 0 aliphatic heterocycles. The van der Waals surface area contributed by atoms with Crippen molar-refractivity contribution in [2.45, 2.75) is 39.2 Å². The van der Waals surface area contributed by atoms with Gasteiger partial charge in [-0.1, -0.05) is 0 Å². The van der Waals surface area contributed by atoms with Crippen LogP contribution in [-0.2, 0) is 22.6 Å². The average molecular weight is 349 g/mol. The van der Waals surface area contributed by atoms with Gasteiger partial charge >= 0.3 is 5.97 Å². The second kappa shape index (κ2) is 6.35. The number of carbonyl (C=O) groups excluding carboxylic acids is 1. The van der Waals surface area contributed by atoms with E-state index in [9.17, 15) is 19.5 Å². The first kappa shape index (κ1) is 16.6. The van der Waals surface area contributed by atoms with Crippen LogP contribution < -0.4 is 5.56 Å². The molecule has 7 nitrogen and oxygen atoms in total. The highest BCUT2D eigenvalue weighted by Gasteiger charge is 2.34. The number of carboxylic acids is 1. The summed E-state index contributed by atoms with van der Waals surface area (Å²) in [5, 5.41) is 9.76.